The van der Waals surface area contributed by atoms with Gasteiger partial charge in [0.2, 0.25) is 5.91 Å². The van der Waals surface area contributed by atoms with E-state index in [9.17, 15) is 29.2 Å². The Hall–Kier alpha value is -1.34. The Balaban J connectivity index is 4.56. The van der Waals surface area contributed by atoms with Crippen molar-refractivity contribution in [2.75, 3.05) is 6.54 Å². The topological polar surface area (TPSA) is 240 Å². The van der Waals surface area contributed by atoms with Crippen molar-refractivity contribution in [2.45, 2.75) is 37.3 Å². The minimum absolute atomic E-state index is 0.209. The van der Waals surface area contributed by atoms with Gasteiger partial charge in [-0.25, -0.2) is 4.79 Å². The highest BCUT2D eigenvalue weighted by atomic mass is 31.2. The molecule has 26 heavy (non-hydrogen) atoms. The van der Waals surface area contributed by atoms with Crippen LogP contribution >= 0.6 is 16.9 Å². The van der Waals surface area contributed by atoms with Crippen LogP contribution in [0.4, 0.5) is 0 Å². The smallest absolute Gasteiger partial charge is 0.481 e. The standard InChI is InChI=1S/C10H17NO13P2/c12-6(4-9(17,8(15)16)5-7(13)14)11-3-1-2-10(18,23-25(19)20)24-26(21)22/h17-20H,1-5H2,(H3-,11,12,13,14,15,16,21,22)/p+1. The second-order valence-corrected chi connectivity index (χ2v) is 6.27. The summed E-state index contributed by atoms with van der Waals surface area (Å²) >= 11 is 0. The van der Waals surface area contributed by atoms with Crippen LogP contribution in [0.5, 0.6) is 0 Å². The lowest BCUT2D eigenvalue weighted by atomic mass is 9.95. The van der Waals surface area contributed by atoms with Crippen LogP contribution in [-0.4, -0.2) is 71.1 Å². The molecule has 0 aromatic rings. The van der Waals surface area contributed by atoms with Gasteiger partial charge < -0.3 is 35.5 Å². The SMILES string of the molecule is O=C(O)CC(O)(CC(=O)NCCCC(O)(OP(O)O)O[P+](=O)O)C(=O)O. The number of hydrogen-bond donors (Lipinski definition) is 8. The first-order chi connectivity index (χ1) is 11.8. The highest BCUT2D eigenvalue weighted by molar-refractivity contribution is 7.39. The summed E-state index contributed by atoms with van der Waals surface area (Å²) in [5.41, 5.74) is -2.82. The summed E-state index contributed by atoms with van der Waals surface area (Å²) in [6.45, 7) is -0.284. The molecule has 0 spiro atoms. The van der Waals surface area contributed by atoms with Gasteiger partial charge in [-0.3, -0.25) is 14.1 Å². The Morgan fingerprint density at radius 2 is 1.69 bits per heavy atom. The molecule has 3 unspecified atom stereocenters. The minimum atomic E-state index is -3.36. The number of aliphatic carboxylic acids is 2. The van der Waals surface area contributed by atoms with E-state index in [-0.39, 0.29) is 13.0 Å². The Morgan fingerprint density at radius 3 is 2.12 bits per heavy atom. The Bertz CT molecular complexity index is 543. The van der Waals surface area contributed by atoms with Crippen LogP contribution in [0, 0.1) is 0 Å². The van der Waals surface area contributed by atoms with Crippen molar-refractivity contribution in [2.24, 2.45) is 0 Å². The number of carboxylic acid groups (broad SMARTS) is 2. The summed E-state index contributed by atoms with van der Waals surface area (Å²) in [7, 11) is -6.51. The molecular weight excluding hydrogens is 404 g/mol. The molecular formula is C10H18NO13P2+. The van der Waals surface area contributed by atoms with Crippen molar-refractivity contribution in [3.63, 3.8) is 0 Å². The molecule has 0 fully saturated rings. The molecule has 0 aromatic heterocycles. The average Bonchev–Trinajstić information content (AvgIpc) is 2.40. The number of nitrogens with one attached hydrogen (secondary N) is 1. The first-order valence-electron chi connectivity index (χ1n) is 6.68. The third-order valence-electron chi connectivity index (χ3n) is 2.73. The molecule has 0 aromatic carbocycles. The third kappa shape index (κ3) is 9.97. The molecule has 0 aliphatic rings. The quantitative estimate of drug-likeness (QED) is 0.0920. The highest BCUT2D eigenvalue weighted by Crippen LogP contribution is 2.38. The normalized spacial score (nSPS) is 16.5. The lowest BCUT2D eigenvalue weighted by Gasteiger charge is -2.22. The highest BCUT2D eigenvalue weighted by Gasteiger charge is 2.42. The van der Waals surface area contributed by atoms with E-state index in [1.54, 1.807) is 0 Å². The third-order valence-corrected chi connectivity index (χ3v) is 3.62. The number of hydrogen-bond acceptors (Lipinski definition) is 10. The molecule has 0 saturated carbocycles. The summed E-state index contributed by atoms with van der Waals surface area (Å²) in [5, 5.41) is 38.9. The number of carbonyl (C=O) groups is 3. The maximum atomic E-state index is 11.6. The van der Waals surface area contributed by atoms with Gasteiger partial charge in [0.15, 0.2) is 5.60 Å². The molecule has 150 valence electrons. The van der Waals surface area contributed by atoms with Crippen LogP contribution in [0.25, 0.3) is 0 Å². The number of carboxylic acids is 2. The summed E-state index contributed by atoms with van der Waals surface area (Å²) in [4.78, 5) is 59.0. The van der Waals surface area contributed by atoms with Gasteiger partial charge in [0.1, 0.15) is 0 Å². The van der Waals surface area contributed by atoms with Gasteiger partial charge in [0.25, 0.3) is 0 Å². The zero-order valence-electron chi connectivity index (χ0n) is 13.0. The van der Waals surface area contributed by atoms with E-state index in [1.807, 2.05) is 0 Å². The van der Waals surface area contributed by atoms with E-state index in [0.29, 0.717) is 0 Å². The van der Waals surface area contributed by atoms with Gasteiger partial charge in [0, 0.05) is 17.5 Å². The van der Waals surface area contributed by atoms with E-state index >= 15 is 0 Å². The fourth-order valence-electron chi connectivity index (χ4n) is 1.69. The lowest BCUT2D eigenvalue weighted by Crippen LogP contribution is -2.45. The summed E-state index contributed by atoms with van der Waals surface area (Å²) < 4.78 is 18.9. The van der Waals surface area contributed by atoms with Crippen LogP contribution in [0.1, 0.15) is 25.7 Å². The van der Waals surface area contributed by atoms with Crippen LogP contribution < -0.4 is 5.32 Å². The molecule has 0 bridgehead atoms. The van der Waals surface area contributed by atoms with Crippen molar-refractivity contribution in [1.29, 1.82) is 0 Å². The van der Waals surface area contributed by atoms with Gasteiger partial charge in [-0.2, -0.15) is 0 Å². The second kappa shape index (κ2) is 10.7. The number of amides is 1. The fraction of sp³-hybridized carbons (Fsp3) is 0.700. The zero-order chi connectivity index (χ0) is 20.5. The van der Waals surface area contributed by atoms with Crippen molar-refractivity contribution < 1.29 is 63.1 Å². The maximum Gasteiger partial charge on any atom is 0.700 e. The van der Waals surface area contributed by atoms with E-state index in [0.717, 1.165) is 0 Å². The van der Waals surface area contributed by atoms with Crippen molar-refractivity contribution in [1.82, 2.24) is 5.32 Å². The summed E-state index contributed by atoms with van der Waals surface area (Å²) in [5.74, 6) is -7.39. The van der Waals surface area contributed by atoms with Gasteiger partial charge >= 0.3 is 34.8 Å². The molecule has 0 rings (SSSR count). The fourth-order valence-corrected chi connectivity index (χ4v) is 2.50. The van der Waals surface area contributed by atoms with Crippen molar-refractivity contribution >= 4 is 34.7 Å². The minimum Gasteiger partial charge on any atom is -0.481 e. The zero-order valence-corrected chi connectivity index (χ0v) is 14.8. The predicted molar refractivity (Wildman–Crippen MR) is 80.0 cm³/mol. The number of rotatable bonds is 13. The van der Waals surface area contributed by atoms with E-state index in [4.69, 9.17) is 24.9 Å². The molecule has 16 heteroatoms. The molecule has 8 N–H and O–H groups in total. The molecule has 1 amide bonds. The molecule has 14 nitrogen and oxygen atoms in total. The lowest BCUT2D eigenvalue weighted by molar-refractivity contribution is -0.279. The molecule has 0 radical (unpaired) electrons. The second-order valence-electron chi connectivity index (χ2n) is 4.92. The molecule has 3 atom stereocenters. The van der Waals surface area contributed by atoms with E-state index < -0.39 is 65.5 Å². The van der Waals surface area contributed by atoms with Crippen LogP contribution in [0.15, 0.2) is 0 Å². The first-order valence-corrected chi connectivity index (χ1v) is 8.98. The molecule has 0 aliphatic carbocycles. The van der Waals surface area contributed by atoms with Crippen molar-refractivity contribution in [3.8, 4) is 0 Å². The monoisotopic (exact) mass is 422 g/mol. The van der Waals surface area contributed by atoms with E-state index in [2.05, 4.69) is 14.4 Å². The molecule has 0 aliphatic heterocycles. The van der Waals surface area contributed by atoms with Crippen LogP contribution in [0.3, 0.4) is 0 Å². The van der Waals surface area contributed by atoms with Crippen LogP contribution in [0.2, 0.25) is 0 Å². The predicted octanol–water partition coefficient (Wildman–Crippen LogP) is -1.90. The Kier molecular flexibility index (Phi) is 10.2. The van der Waals surface area contributed by atoms with Gasteiger partial charge in [0.05, 0.1) is 12.8 Å². The summed E-state index contributed by atoms with van der Waals surface area (Å²) in [6.07, 6.45) is -3.09. The van der Waals surface area contributed by atoms with Gasteiger partial charge in [-0.05, 0) is 6.42 Å². The van der Waals surface area contributed by atoms with Crippen LogP contribution in [-0.2, 0) is 28.0 Å². The Morgan fingerprint density at radius 1 is 1.12 bits per heavy atom. The Labute approximate surface area is 147 Å². The molecule has 0 saturated heterocycles. The van der Waals surface area contributed by atoms with Gasteiger partial charge in [-0.15, -0.1) is 4.89 Å². The largest absolute Gasteiger partial charge is 0.700 e. The maximum absolute atomic E-state index is 11.6. The summed E-state index contributed by atoms with van der Waals surface area (Å²) in [6, 6.07) is 0. The average molecular weight is 422 g/mol. The first kappa shape index (κ1) is 24.7. The van der Waals surface area contributed by atoms with Crippen molar-refractivity contribution in [3.05, 3.63) is 0 Å². The number of aliphatic hydroxyl groups is 2. The molecule has 0 heterocycles. The van der Waals surface area contributed by atoms with E-state index in [1.165, 1.54) is 0 Å². The number of carbonyl (C=O) groups excluding carboxylic acids is 1. The van der Waals surface area contributed by atoms with Gasteiger partial charge in [-0.1, -0.05) is 4.52 Å².